The number of nitrogens with one attached hydrogen (secondary N) is 1. The van der Waals surface area contributed by atoms with Gasteiger partial charge in [0.25, 0.3) is 0 Å². The van der Waals surface area contributed by atoms with E-state index in [2.05, 4.69) is 5.43 Å². The minimum atomic E-state index is -0.352. The molecule has 1 fully saturated rings. The average Bonchev–Trinajstić information content (AvgIpc) is 2.71. The Balaban J connectivity index is 1.92. The highest BCUT2D eigenvalue weighted by atomic mass is 35.5. The summed E-state index contributed by atoms with van der Waals surface area (Å²) in [4.78, 5) is 0. The molecule has 2 nitrogen and oxygen atoms in total. The lowest BCUT2D eigenvalue weighted by atomic mass is 9.90. The third-order valence-corrected chi connectivity index (χ3v) is 4.60. The van der Waals surface area contributed by atoms with E-state index >= 15 is 0 Å². The molecule has 0 radical (unpaired) electrons. The van der Waals surface area contributed by atoms with Gasteiger partial charge < -0.3 is 0 Å². The molecule has 20 heavy (non-hydrogen) atoms. The summed E-state index contributed by atoms with van der Waals surface area (Å²) in [6.07, 6.45) is 9.80. The summed E-state index contributed by atoms with van der Waals surface area (Å²) in [5.41, 5.74) is 3.84. The maximum absolute atomic E-state index is 13.5. The highest BCUT2D eigenvalue weighted by Gasteiger charge is 2.18. The molecular weight excluding hydrogens is 275 g/mol. The fourth-order valence-corrected chi connectivity index (χ4v) is 3.28. The van der Waals surface area contributed by atoms with Gasteiger partial charge in [0.2, 0.25) is 0 Å². The molecule has 0 aliphatic heterocycles. The molecule has 1 atom stereocenters. The van der Waals surface area contributed by atoms with Crippen LogP contribution in [0.2, 0.25) is 5.02 Å². The first-order valence-electron chi connectivity index (χ1n) is 7.59. The lowest BCUT2D eigenvalue weighted by molar-refractivity contribution is 0.352. The Morgan fingerprint density at radius 1 is 1.25 bits per heavy atom. The highest BCUT2D eigenvalue weighted by Crippen LogP contribution is 2.27. The number of hydrazine groups is 1. The molecule has 112 valence electrons. The fourth-order valence-electron chi connectivity index (χ4n) is 3.16. The molecule has 1 aromatic carbocycles. The van der Waals surface area contributed by atoms with E-state index in [1.807, 2.05) is 6.07 Å². The normalized spacial score (nSPS) is 18.8. The van der Waals surface area contributed by atoms with E-state index in [-0.39, 0.29) is 16.9 Å². The summed E-state index contributed by atoms with van der Waals surface area (Å²) in [7, 11) is 0. The van der Waals surface area contributed by atoms with E-state index in [1.165, 1.54) is 44.6 Å². The van der Waals surface area contributed by atoms with Crippen molar-refractivity contribution >= 4 is 11.6 Å². The lowest BCUT2D eigenvalue weighted by Gasteiger charge is -2.22. The van der Waals surface area contributed by atoms with Crippen LogP contribution in [0.3, 0.4) is 0 Å². The van der Waals surface area contributed by atoms with E-state index in [1.54, 1.807) is 6.07 Å². The largest absolute Gasteiger partial charge is 0.271 e. The molecule has 1 aromatic rings. The van der Waals surface area contributed by atoms with Gasteiger partial charge in [-0.25, -0.2) is 4.39 Å². The first-order chi connectivity index (χ1) is 9.69. The minimum absolute atomic E-state index is 0.176. The summed E-state index contributed by atoms with van der Waals surface area (Å²) in [5, 5.41) is 0.176. The summed E-state index contributed by atoms with van der Waals surface area (Å²) in [6.45, 7) is 0. The van der Waals surface area contributed by atoms with Crippen LogP contribution in [0.4, 0.5) is 4.39 Å². The Bertz CT molecular complexity index is 417. The van der Waals surface area contributed by atoms with Crippen LogP contribution in [-0.4, -0.2) is 6.04 Å². The van der Waals surface area contributed by atoms with Crippen molar-refractivity contribution in [3.8, 4) is 0 Å². The Labute approximate surface area is 125 Å². The zero-order valence-electron chi connectivity index (χ0n) is 11.9. The van der Waals surface area contributed by atoms with E-state index in [9.17, 15) is 4.39 Å². The Morgan fingerprint density at radius 2 is 1.95 bits per heavy atom. The van der Waals surface area contributed by atoms with Gasteiger partial charge in [0, 0.05) is 6.04 Å². The van der Waals surface area contributed by atoms with Crippen molar-refractivity contribution in [2.45, 2.75) is 57.4 Å². The zero-order chi connectivity index (χ0) is 14.4. The van der Waals surface area contributed by atoms with E-state index in [0.29, 0.717) is 0 Å². The van der Waals surface area contributed by atoms with E-state index < -0.39 is 0 Å². The Morgan fingerprint density at radius 3 is 2.55 bits per heavy atom. The molecule has 0 heterocycles. The average molecular weight is 299 g/mol. The van der Waals surface area contributed by atoms with Gasteiger partial charge in [-0.2, -0.15) is 0 Å². The summed E-state index contributed by atoms with van der Waals surface area (Å²) in [5.74, 6) is 6.07. The van der Waals surface area contributed by atoms with Crippen LogP contribution in [0.15, 0.2) is 18.2 Å². The molecule has 1 saturated carbocycles. The third-order valence-electron chi connectivity index (χ3n) is 4.29. The Kier molecular flexibility index (Phi) is 6.27. The molecule has 1 aliphatic rings. The monoisotopic (exact) mass is 298 g/mol. The van der Waals surface area contributed by atoms with Gasteiger partial charge >= 0.3 is 0 Å². The number of benzene rings is 1. The second kappa shape index (κ2) is 7.96. The van der Waals surface area contributed by atoms with Gasteiger partial charge in [0.15, 0.2) is 0 Å². The second-order valence-corrected chi connectivity index (χ2v) is 6.32. The topological polar surface area (TPSA) is 38.0 Å². The lowest BCUT2D eigenvalue weighted by Crippen LogP contribution is -2.38. The smallest absolute Gasteiger partial charge is 0.142 e. The standard InChI is InChI=1S/C16H24ClFN2/c17-15-8-7-13(11-16(15)18)10-14(20-19)9-12-5-3-1-2-4-6-12/h7-8,11-12,14,20H,1-6,9-10,19H2. The number of halogens is 2. The van der Waals surface area contributed by atoms with Crippen molar-refractivity contribution < 1.29 is 4.39 Å². The number of rotatable bonds is 5. The first kappa shape index (κ1) is 15.7. The third kappa shape index (κ3) is 4.72. The maximum Gasteiger partial charge on any atom is 0.142 e. The molecular formula is C16H24ClFN2. The van der Waals surface area contributed by atoms with Gasteiger partial charge in [0.05, 0.1) is 5.02 Å². The molecule has 1 aliphatic carbocycles. The zero-order valence-corrected chi connectivity index (χ0v) is 12.6. The van der Waals surface area contributed by atoms with E-state index in [4.69, 9.17) is 17.4 Å². The van der Waals surface area contributed by atoms with Crippen molar-refractivity contribution in [1.82, 2.24) is 5.43 Å². The molecule has 0 bridgehead atoms. The Hall–Kier alpha value is -0.640. The minimum Gasteiger partial charge on any atom is -0.271 e. The molecule has 3 N–H and O–H groups in total. The van der Waals surface area contributed by atoms with Gasteiger partial charge in [-0.3, -0.25) is 11.3 Å². The van der Waals surface area contributed by atoms with Gasteiger partial charge in [-0.15, -0.1) is 0 Å². The molecule has 0 amide bonds. The van der Waals surface area contributed by atoms with Crippen molar-refractivity contribution in [2.75, 3.05) is 0 Å². The van der Waals surface area contributed by atoms with Crippen LogP contribution in [0.5, 0.6) is 0 Å². The molecule has 2 rings (SSSR count). The van der Waals surface area contributed by atoms with Crippen LogP contribution in [-0.2, 0) is 6.42 Å². The SMILES string of the molecule is NNC(Cc1ccc(Cl)c(F)c1)CC1CCCCCC1. The van der Waals surface area contributed by atoms with Gasteiger partial charge in [-0.1, -0.05) is 56.2 Å². The molecule has 4 heteroatoms. The summed E-state index contributed by atoms with van der Waals surface area (Å²) in [6, 6.07) is 5.22. The molecule has 1 unspecified atom stereocenters. The molecule has 0 aromatic heterocycles. The predicted octanol–water partition coefficient (Wildman–Crippen LogP) is 4.21. The van der Waals surface area contributed by atoms with Crippen molar-refractivity contribution in [1.29, 1.82) is 0 Å². The van der Waals surface area contributed by atoms with Gasteiger partial charge in [0.1, 0.15) is 5.82 Å². The second-order valence-electron chi connectivity index (χ2n) is 5.91. The number of nitrogens with two attached hydrogens (primary N) is 1. The first-order valence-corrected chi connectivity index (χ1v) is 7.97. The summed E-state index contributed by atoms with van der Waals surface area (Å²) >= 11 is 5.71. The van der Waals surface area contributed by atoms with Crippen LogP contribution in [0, 0.1) is 11.7 Å². The maximum atomic E-state index is 13.5. The highest BCUT2D eigenvalue weighted by molar-refractivity contribution is 6.30. The molecule has 0 saturated heterocycles. The summed E-state index contributed by atoms with van der Waals surface area (Å²) < 4.78 is 13.5. The number of hydrogen-bond acceptors (Lipinski definition) is 2. The van der Waals surface area contributed by atoms with Crippen molar-refractivity contribution in [3.05, 3.63) is 34.6 Å². The predicted molar refractivity (Wildman–Crippen MR) is 82.0 cm³/mol. The molecule has 0 spiro atoms. The van der Waals surface area contributed by atoms with Crippen molar-refractivity contribution in [3.63, 3.8) is 0 Å². The van der Waals surface area contributed by atoms with E-state index in [0.717, 1.165) is 24.3 Å². The van der Waals surface area contributed by atoms with Crippen molar-refractivity contribution in [2.24, 2.45) is 11.8 Å². The number of hydrogen-bond donors (Lipinski definition) is 2. The van der Waals surface area contributed by atoms with Crippen LogP contribution in [0.25, 0.3) is 0 Å². The van der Waals surface area contributed by atoms with Gasteiger partial charge in [-0.05, 0) is 36.5 Å². The van der Waals surface area contributed by atoms with Crippen LogP contribution in [0.1, 0.15) is 50.5 Å². The van der Waals surface area contributed by atoms with Crippen LogP contribution >= 0.6 is 11.6 Å². The quantitative estimate of drug-likeness (QED) is 0.485. The fraction of sp³-hybridized carbons (Fsp3) is 0.625. The van der Waals surface area contributed by atoms with Crippen LogP contribution < -0.4 is 11.3 Å².